The van der Waals surface area contributed by atoms with Gasteiger partial charge >= 0.3 is 6.18 Å². The first-order valence-electron chi connectivity index (χ1n) is 6.71. The van der Waals surface area contributed by atoms with E-state index < -0.39 is 21.8 Å². The number of pyridine rings is 1. The molecule has 0 aliphatic carbocycles. The van der Waals surface area contributed by atoms with Crippen molar-refractivity contribution in [3.8, 4) is 0 Å². The fourth-order valence-electron chi connectivity index (χ4n) is 1.80. The molecule has 24 heavy (non-hydrogen) atoms. The molecular formula is C14H13ClF3N3O2S. The van der Waals surface area contributed by atoms with Crippen LogP contribution in [0.5, 0.6) is 0 Å². The van der Waals surface area contributed by atoms with E-state index in [1.54, 1.807) is 6.07 Å². The molecule has 5 nitrogen and oxygen atoms in total. The molecule has 0 saturated carbocycles. The topological polar surface area (TPSA) is 71.1 Å². The summed E-state index contributed by atoms with van der Waals surface area (Å²) in [5, 5.41) is 2.91. The minimum absolute atomic E-state index is 0.00628. The molecule has 0 bridgehead atoms. The minimum atomic E-state index is -4.46. The summed E-state index contributed by atoms with van der Waals surface area (Å²) in [7, 11) is -3.74. The molecule has 1 aromatic heterocycles. The van der Waals surface area contributed by atoms with E-state index in [-0.39, 0.29) is 28.8 Å². The summed E-state index contributed by atoms with van der Waals surface area (Å²) in [6.07, 6.45) is -3.44. The molecule has 2 rings (SSSR count). The number of nitrogens with zero attached hydrogens (tertiary/aromatic N) is 1. The molecule has 0 saturated heterocycles. The summed E-state index contributed by atoms with van der Waals surface area (Å²) in [6, 6.07) is 7.43. The first kappa shape index (κ1) is 18.5. The van der Waals surface area contributed by atoms with Gasteiger partial charge in [0.05, 0.1) is 10.5 Å². The highest BCUT2D eigenvalue weighted by Gasteiger charge is 2.30. The van der Waals surface area contributed by atoms with Gasteiger partial charge in [0.1, 0.15) is 5.82 Å². The van der Waals surface area contributed by atoms with Crippen molar-refractivity contribution in [1.82, 2.24) is 9.71 Å². The highest BCUT2D eigenvalue weighted by atomic mass is 35.5. The Bertz CT molecular complexity index is 813. The highest BCUT2D eigenvalue weighted by molar-refractivity contribution is 7.89. The minimum Gasteiger partial charge on any atom is -0.369 e. The van der Waals surface area contributed by atoms with E-state index in [9.17, 15) is 21.6 Å². The van der Waals surface area contributed by atoms with Crippen LogP contribution in [0.15, 0.2) is 47.5 Å². The monoisotopic (exact) mass is 379 g/mol. The second-order valence-corrected chi connectivity index (χ2v) is 6.91. The average molecular weight is 380 g/mol. The van der Waals surface area contributed by atoms with Crippen LogP contribution in [-0.2, 0) is 16.2 Å². The van der Waals surface area contributed by atoms with Crippen LogP contribution >= 0.6 is 11.6 Å². The predicted molar refractivity (Wildman–Crippen MR) is 84.4 cm³/mol. The van der Waals surface area contributed by atoms with Crippen LogP contribution in [0, 0.1) is 0 Å². The van der Waals surface area contributed by atoms with Gasteiger partial charge in [0, 0.05) is 24.3 Å². The average Bonchev–Trinajstić information content (AvgIpc) is 2.51. The van der Waals surface area contributed by atoms with Gasteiger partial charge in [0.2, 0.25) is 10.0 Å². The lowest BCUT2D eigenvalue weighted by atomic mass is 10.2. The zero-order chi connectivity index (χ0) is 17.8. The third kappa shape index (κ3) is 5.08. The molecule has 0 aliphatic heterocycles. The number of hydrogen-bond donors (Lipinski definition) is 2. The molecule has 0 spiro atoms. The number of alkyl halides is 3. The molecule has 0 atom stereocenters. The maximum atomic E-state index is 12.6. The molecule has 0 fully saturated rings. The standard InChI is InChI=1S/C14H13ClF3N3O2S/c15-11-2-1-3-12(9-11)24(22,23)21-7-6-20-13-8-10(4-5-19-13)14(16,17)18/h1-5,8-9,21H,6-7H2,(H,19,20). The quantitative estimate of drug-likeness (QED) is 0.756. The molecule has 10 heteroatoms. The van der Waals surface area contributed by atoms with Gasteiger partial charge in [-0.3, -0.25) is 0 Å². The van der Waals surface area contributed by atoms with Gasteiger partial charge in [0.15, 0.2) is 0 Å². The fourth-order valence-corrected chi connectivity index (χ4v) is 3.13. The van der Waals surface area contributed by atoms with E-state index in [4.69, 9.17) is 11.6 Å². The van der Waals surface area contributed by atoms with Crippen LogP contribution < -0.4 is 10.0 Å². The zero-order valence-electron chi connectivity index (χ0n) is 12.1. The Balaban J connectivity index is 1.91. The lowest BCUT2D eigenvalue weighted by molar-refractivity contribution is -0.137. The van der Waals surface area contributed by atoms with Crippen molar-refractivity contribution in [2.75, 3.05) is 18.4 Å². The molecule has 2 aromatic rings. The Morgan fingerprint density at radius 2 is 1.88 bits per heavy atom. The van der Waals surface area contributed by atoms with Gasteiger partial charge in [-0.1, -0.05) is 17.7 Å². The molecule has 1 aromatic carbocycles. The normalized spacial score (nSPS) is 12.2. The van der Waals surface area contributed by atoms with Crippen molar-refractivity contribution in [3.05, 3.63) is 53.2 Å². The molecule has 0 unspecified atom stereocenters. The van der Waals surface area contributed by atoms with Crippen LogP contribution in [0.4, 0.5) is 19.0 Å². The Morgan fingerprint density at radius 3 is 2.54 bits per heavy atom. The van der Waals surface area contributed by atoms with Crippen molar-refractivity contribution < 1.29 is 21.6 Å². The second kappa shape index (κ2) is 7.37. The van der Waals surface area contributed by atoms with Crippen molar-refractivity contribution in [1.29, 1.82) is 0 Å². The third-order valence-electron chi connectivity index (χ3n) is 2.92. The predicted octanol–water partition coefficient (Wildman–Crippen LogP) is 3.14. The fraction of sp³-hybridized carbons (Fsp3) is 0.214. The van der Waals surface area contributed by atoms with Gasteiger partial charge in [-0.25, -0.2) is 18.1 Å². The Morgan fingerprint density at radius 1 is 1.12 bits per heavy atom. The maximum Gasteiger partial charge on any atom is 0.416 e. The number of hydrogen-bond acceptors (Lipinski definition) is 4. The Kier molecular flexibility index (Phi) is 5.68. The molecule has 130 valence electrons. The summed E-state index contributed by atoms with van der Waals surface area (Å²) in [5.74, 6) is 0.00628. The number of sulfonamides is 1. The van der Waals surface area contributed by atoms with Crippen LogP contribution in [0.1, 0.15) is 5.56 Å². The largest absolute Gasteiger partial charge is 0.416 e. The highest BCUT2D eigenvalue weighted by Crippen LogP contribution is 2.29. The van der Waals surface area contributed by atoms with Crippen LogP contribution in [0.3, 0.4) is 0 Å². The SMILES string of the molecule is O=S(=O)(NCCNc1cc(C(F)(F)F)ccn1)c1cccc(Cl)c1. The molecule has 0 aliphatic rings. The van der Waals surface area contributed by atoms with Crippen LogP contribution in [0.25, 0.3) is 0 Å². The van der Waals surface area contributed by atoms with Gasteiger partial charge in [-0.05, 0) is 30.3 Å². The summed E-state index contributed by atoms with van der Waals surface area (Å²) < 4.78 is 64.1. The third-order valence-corrected chi connectivity index (χ3v) is 4.61. The number of rotatable bonds is 6. The van der Waals surface area contributed by atoms with Gasteiger partial charge < -0.3 is 5.32 Å². The lowest BCUT2D eigenvalue weighted by Gasteiger charge is -2.10. The number of halogens is 4. The molecule has 0 amide bonds. The van der Waals surface area contributed by atoms with Crippen molar-refractivity contribution >= 4 is 27.4 Å². The summed E-state index contributed by atoms with van der Waals surface area (Å²) >= 11 is 5.74. The Labute approximate surface area is 141 Å². The second-order valence-electron chi connectivity index (χ2n) is 4.71. The van der Waals surface area contributed by atoms with E-state index >= 15 is 0 Å². The Hall–Kier alpha value is -1.84. The zero-order valence-corrected chi connectivity index (χ0v) is 13.7. The molecule has 1 heterocycles. The summed E-state index contributed by atoms with van der Waals surface area (Å²) in [6.45, 7) is 0.0286. The van der Waals surface area contributed by atoms with Crippen LogP contribution in [0.2, 0.25) is 5.02 Å². The van der Waals surface area contributed by atoms with Gasteiger partial charge in [-0.2, -0.15) is 13.2 Å². The number of aromatic nitrogens is 1. The number of benzene rings is 1. The molecular weight excluding hydrogens is 367 g/mol. The summed E-state index contributed by atoms with van der Waals surface area (Å²) in [5.41, 5.74) is -0.834. The molecule has 0 radical (unpaired) electrons. The number of anilines is 1. The van der Waals surface area contributed by atoms with Gasteiger partial charge in [-0.15, -0.1) is 0 Å². The smallest absolute Gasteiger partial charge is 0.369 e. The van der Waals surface area contributed by atoms with Crippen LogP contribution in [-0.4, -0.2) is 26.5 Å². The van der Waals surface area contributed by atoms with E-state index in [1.807, 2.05) is 0 Å². The van der Waals surface area contributed by atoms with E-state index in [1.165, 1.54) is 18.2 Å². The summed E-state index contributed by atoms with van der Waals surface area (Å²) in [4.78, 5) is 3.76. The van der Waals surface area contributed by atoms with Crippen molar-refractivity contribution in [3.63, 3.8) is 0 Å². The molecule has 2 N–H and O–H groups in total. The maximum absolute atomic E-state index is 12.6. The van der Waals surface area contributed by atoms with E-state index in [0.717, 1.165) is 18.3 Å². The van der Waals surface area contributed by atoms with Crippen molar-refractivity contribution in [2.24, 2.45) is 0 Å². The first-order chi connectivity index (χ1) is 11.2. The number of nitrogens with one attached hydrogen (secondary N) is 2. The van der Waals surface area contributed by atoms with E-state index in [2.05, 4.69) is 15.0 Å². The van der Waals surface area contributed by atoms with E-state index in [0.29, 0.717) is 0 Å². The lowest BCUT2D eigenvalue weighted by Crippen LogP contribution is -2.29. The van der Waals surface area contributed by atoms with Crippen molar-refractivity contribution in [2.45, 2.75) is 11.1 Å². The first-order valence-corrected chi connectivity index (χ1v) is 8.57. The van der Waals surface area contributed by atoms with Gasteiger partial charge in [0.25, 0.3) is 0 Å².